The Morgan fingerprint density at radius 2 is 1.82 bits per heavy atom. The molecule has 6 heteroatoms. The predicted molar refractivity (Wildman–Crippen MR) is 111 cm³/mol. The quantitative estimate of drug-likeness (QED) is 0.818. The van der Waals surface area contributed by atoms with Crippen molar-refractivity contribution >= 4 is 11.9 Å². The van der Waals surface area contributed by atoms with Gasteiger partial charge in [-0.05, 0) is 32.5 Å². The van der Waals surface area contributed by atoms with Crippen molar-refractivity contribution in [3.63, 3.8) is 0 Å². The van der Waals surface area contributed by atoms with E-state index >= 15 is 0 Å². The van der Waals surface area contributed by atoms with E-state index < -0.39 is 0 Å². The second-order valence-electron chi connectivity index (χ2n) is 7.81. The molecule has 2 saturated heterocycles. The summed E-state index contributed by atoms with van der Waals surface area (Å²) in [6.45, 7) is 4.16. The fourth-order valence-electron chi connectivity index (χ4n) is 4.16. The number of hydrogen-bond acceptors (Lipinski definition) is 5. The average Bonchev–Trinajstić information content (AvgIpc) is 2.76. The van der Waals surface area contributed by atoms with Crippen LogP contribution in [0.1, 0.15) is 25.7 Å². The van der Waals surface area contributed by atoms with Crippen LogP contribution < -0.4 is 4.90 Å². The Hall–Kier alpha value is -2.47. The van der Waals surface area contributed by atoms with Gasteiger partial charge in [0.2, 0.25) is 11.9 Å². The molecule has 0 spiro atoms. The zero-order valence-corrected chi connectivity index (χ0v) is 16.6. The van der Waals surface area contributed by atoms with Crippen LogP contribution in [-0.4, -0.2) is 71.5 Å². The van der Waals surface area contributed by atoms with E-state index in [0.29, 0.717) is 12.5 Å². The number of amides is 1. The molecule has 148 valence electrons. The van der Waals surface area contributed by atoms with E-state index in [9.17, 15) is 4.79 Å². The van der Waals surface area contributed by atoms with Crippen molar-refractivity contribution in [1.29, 1.82) is 0 Å². The third-order valence-electron chi connectivity index (χ3n) is 5.96. The minimum atomic E-state index is 0.289. The van der Waals surface area contributed by atoms with Crippen LogP contribution in [0.15, 0.2) is 42.6 Å². The Bertz CT molecular complexity index is 789. The highest BCUT2D eigenvalue weighted by atomic mass is 16.2. The van der Waals surface area contributed by atoms with Gasteiger partial charge in [0.05, 0.1) is 5.69 Å². The lowest BCUT2D eigenvalue weighted by Gasteiger charge is -2.37. The van der Waals surface area contributed by atoms with Gasteiger partial charge < -0.3 is 14.7 Å². The maximum absolute atomic E-state index is 12.7. The van der Waals surface area contributed by atoms with Crippen LogP contribution in [0.2, 0.25) is 0 Å². The van der Waals surface area contributed by atoms with Gasteiger partial charge >= 0.3 is 0 Å². The molecule has 0 N–H and O–H groups in total. The smallest absolute Gasteiger partial charge is 0.225 e. The number of carbonyl (C=O) groups excluding carboxylic acids is 1. The van der Waals surface area contributed by atoms with Crippen LogP contribution in [0.25, 0.3) is 11.3 Å². The highest BCUT2D eigenvalue weighted by Crippen LogP contribution is 2.21. The molecule has 1 aromatic carbocycles. The minimum Gasteiger partial charge on any atom is -0.339 e. The van der Waals surface area contributed by atoms with Gasteiger partial charge in [-0.3, -0.25) is 4.79 Å². The minimum absolute atomic E-state index is 0.289. The van der Waals surface area contributed by atoms with Crippen LogP contribution in [0.3, 0.4) is 0 Å². The Kier molecular flexibility index (Phi) is 5.86. The number of hydrogen-bond donors (Lipinski definition) is 0. The average molecular weight is 380 g/mol. The van der Waals surface area contributed by atoms with Crippen molar-refractivity contribution in [2.75, 3.05) is 44.7 Å². The Balaban J connectivity index is 1.34. The van der Waals surface area contributed by atoms with Crippen molar-refractivity contribution in [3.05, 3.63) is 42.6 Å². The summed E-state index contributed by atoms with van der Waals surface area (Å²) in [5.41, 5.74) is 2.03. The van der Waals surface area contributed by atoms with Gasteiger partial charge in [0.15, 0.2) is 0 Å². The molecule has 1 aromatic heterocycles. The molecule has 28 heavy (non-hydrogen) atoms. The van der Waals surface area contributed by atoms with Gasteiger partial charge in [0.1, 0.15) is 0 Å². The van der Waals surface area contributed by atoms with Crippen LogP contribution in [0.5, 0.6) is 0 Å². The second kappa shape index (κ2) is 8.69. The summed E-state index contributed by atoms with van der Waals surface area (Å²) in [6, 6.07) is 12.5. The SMILES string of the molecule is CN1CCCCC1CC(=O)N1CCN(c2nccc(-c3ccccc3)n2)CC1. The van der Waals surface area contributed by atoms with Gasteiger partial charge in [0, 0.05) is 50.4 Å². The maximum Gasteiger partial charge on any atom is 0.225 e. The summed E-state index contributed by atoms with van der Waals surface area (Å²) in [6.07, 6.45) is 6.10. The molecule has 6 nitrogen and oxygen atoms in total. The fraction of sp³-hybridized carbons (Fsp3) is 0.500. The summed E-state index contributed by atoms with van der Waals surface area (Å²) in [7, 11) is 2.14. The molecule has 1 atom stereocenters. The van der Waals surface area contributed by atoms with E-state index in [-0.39, 0.29) is 5.91 Å². The second-order valence-corrected chi connectivity index (χ2v) is 7.81. The van der Waals surface area contributed by atoms with E-state index in [0.717, 1.165) is 56.4 Å². The van der Waals surface area contributed by atoms with E-state index in [1.807, 2.05) is 35.4 Å². The van der Waals surface area contributed by atoms with Gasteiger partial charge in [0.25, 0.3) is 0 Å². The van der Waals surface area contributed by atoms with E-state index in [4.69, 9.17) is 4.98 Å². The first-order valence-corrected chi connectivity index (χ1v) is 10.3. The topological polar surface area (TPSA) is 52.6 Å². The molecule has 0 bridgehead atoms. The fourth-order valence-corrected chi connectivity index (χ4v) is 4.16. The largest absolute Gasteiger partial charge is 0.339 e. The van der Waals surface area contributed by atoms with Crippen molar-refractivity contribution in [2.24, 2.45) is 0 Å². The first-order chi connectivity index (χ1) is 13.7. The normalized spacial score (nSPS) is 21.0. The summed E-state index contributed by atoms with van der Waals surface area (Å²) in [4.78, 5) is 28.5. The molecule has 2 aliphatic rings. The summed E-state index contributed by atoms with van der Waals surface area (Å²) in [5, 5.41) is 0. The molecule has 2 aromatic rings. The standard InChI is InChI=1S/C22H29N5O/c1-25-12-6-5-9-19(25)17-21(28)26-13-15-27(16-14-26)22-23-11-10-20(24-22)18-7-3-2-4-8-18/h2-4,7-8,10-11,19H,5-6,9,12-17H2,1H3. The first kappa shape index (κ1) is 18.9. The summed E-state index contributed by atoms with van der Waals surface area (Å²) < 4.78 is 0. The van der Waals surface area contributed by atoms with Crippen LogP contribution in [-0.2, 0) is 4.79 Å². The molecule has 2 fully saturated rings. The Morgan fingerprint density at radius 3 is 2.57 bits per heavy atom. The number of piperazine rings is 1. The zero-order valence-electron chi connectivity index (χ0n) is 16.6. The molecule has 1 amide bonds. The van der Waals surface area contributed by atoms with E-state index in [2.05, 4.69) is 34.0 Å². The van der Waals surface area contributed by atoms with Gasteiger partial charge in [-0.15, -0.1) is 0 Å². The van der Waals surface area contributed by atoms with Crippen LogP contribution in [0, 0.1) is 0 Å². The highest BCUT2D eigenvalue weighted by molar-refractivity contribution is 5.77. The van der Waals surface area contributed by atoms with E-state index in [1.54, 1.807) is 0 Å². The zero-order chi connectivity index (χ0) is 19.3. The number of nitrogens with zero attached hydrogens (tertiary/aromatic N) is 5. The number of aromatic nitrogens is 2. The van der Waals surface area contributed by atoms with Crippen LogP contribution >= 0.6 is 0 Å². The molecular weight excluding hydrogens is 350 g/mol. The molecule has 1 unspecified atom stereocenters. The van der Waals surface area contributed by atoms with Gasteiger partial charge in [-0.1, -0.05) is 36.8 Å². The number of anilines is 1. The first-order valence-electron chi connectivity index (χ1n) is 10.3. The molecule has 0 aliphatic carbocycles. The van der Waals surface area contributed by atoms with Crippen LogP contribution in [0.4, 0.5) is 5.95 Å². The van der Waals surface area contributed by atoms with Crippen molar-refractivity contribution < 1.29 is 4.79 Å². The molecule has 3 heterocycles. The lowest BCUT2D eigenvalue weighted by molar-refractivity contribution is -0.133. The summed E-state index contributed by atoms with van der Waals surface area (Å²) >= 11 is 0. The molecular formula is C22H29N5O. The maximum atomic E-state index is 12.7. The molecule has 4 rings (SSSR count). The van der Waals surface area contributed by atoms with Crippen molar-refractivity contribution in [2.45, 2.75) is 31.7 Å². The number of likely N-dealkylation sites (tertiary alicyclic amines) is 1. The molecule has 0 saturated carbocycles. The third-order valence-corrected chi connectivity index (χ3v) is 5.96. The highest BCUT2D eigenvalue weighted by Gasteiger charge is 2.27. The lowest BCUT2D eigenvalue weighted by atomic mass is 9.99. The van der Waals surface area contributed by atoms with Crippen molar-refractivity contribution in [3.8, 4) is 11.3 Å². The summed E-state index contributed by atoms with van der Waals surface area (Å²) in [5.74, 6) is 1.04. The van der Waals surface area contributed by atoms with Crippen molar-refractivity contribution in [1.82, 2.24) is 19.8 Å². The predicted octanol–water partition coefficient (Wildman–Crippen LogP) is 2.67. The van der Waals surface area contributed by atoms with Gasteiger partial charge in [-0.2, -0.15) is 0 Å². The number of rotatable bonds is 4. The molecule has 2 aliphatic heterocycles. The number of benzene rings is 1. The Morgan fingerprint density at radius 1 is 1.04 bits per heavy atom. The number of carbonyl (C=O) groups is 1. The Labute approximate surface area is 167 Å². The monoisotopic (exact) mass is 379 g/mol. The number of piperidine rings is 1. The van der Waals surface area contributed by atoms with Gasteiger partial charge in [-0.25, -0.2) is 9.97 Å². The third kappa shape index (κ3) is 4.33. The van der Waals surface area contributed by atoms with E-state index in [1.165, 1.54) is 12.8 Å². The lowest BCUT2D eigenvalue weighted by Crippen LogP contribution is -2.50. The molecule has 0 radical (unpaired) electrons.